The minimum Gasteiger partial charge on any atom is -0.339 e. The Balaban J connectivity index is 1.55. The van der Waals surface area contributed by atoms with Crippen LogP contribution in [-0.4, -0.2) is 36.0 Å². The van der Waals surface area contributed by atoms with Crippen molar-refractivity contribution in [3.63, 3.8) is 0 Å². The van der Waals surface area contributed by atoms with Gasteiger partial charge in [0.05, 0.1) is 10.8 Å². The lowest BCUT2D eigenvalue weighted by Crippen LogP contribution is -2.39. The minimum absolute atomic E-state index is 0.100. The van der Waals surface area contributed by atoms with Crippen LogP contribution in [0.3, 0.4) is 0 Å². The second kappa shape index (κ2) is 7.72. The van der Waals surface area contributed by atoms with E-state index in [2.05, 4.69) is 10.1 Å². The minimum atomic E-state index is -3.55. The summed E-state index contributed by atoms with van der Waals surface area (Å²) in [5, 5.41) is 4.10. The van der Waals surface area contributed by atoms with Gasteiger partial charge in [-0.3, -0.25) is 0 Å². The third-order valence-electron chi connectivity index (χ3n) is 5.60. The molecule has 0 unspecified atom stereocenters. The van der Waals surface area contributed by atoms with Crippen molar-refractivity contribution in [1.29, 1.82) is 0 Å². The molecule has 1 atom stereocenters. The van der Waals surface area contributed by atoms with Gasteiger partial charge >= 0.3 is 0 Å². The quantitative estimate of drug-likeness (QED) is 0.642. The normalized spacial score (nSPS) is 18.1. The van der Waals surface area contributed by atoms with Gasteiger partial charge in [0.2, 0.25) is 21.7 Å². The molecular weight excluding hydrogens is 386 g/mol. The summed E-state index contributed by atoms with van der Waals surface area (Å²) in [7, 11) is -3.55. The molecule has 4 rings (SSSR count). The van der Waals surface area contributed by atoms with Crippen LogP contribution in [0.15, 0.2) is 51.9 Å². The maximum atomic E-state index is 13.1. The van der Waals surface area contributed by atoms with Crippen molar-refractivity contribution < 1.29 is 12.9 Å². The van der Waals surface area contributed by atoms with Gasteiger partial charge in [-0.05, 0) is 56.9 Å². The topological polar surface area (TPSA) is 76.3 Å². The summed E-state index contributed by atoms with van der Waals surface area (Å²) in [6, 6.07) is 13.2. The molecule has 7 heteroatoms. The standard InChI is InChI=1S/C22H25N3O3S/c1-15-6-9-18(10-7-15)21-23-22(28-24-21)19-5-4-12-25(14-19)29(26,27)20-11-8-16(2)17(3)13-20/h6-11,13,19H,4-5,12,14H2,1-3H3/t19-/m0/s1. The second-order valence-corrected chi connectivity index (χ2v) is 9.71. The highest BCUT2D eigenvalue weighted by Crippen LogP contribution is 2.31. The summed E-state index contributed by atoms with van der Waals surface area (Å²) >= 11 is 0. The fourth-order valence-electron chi connectivity index (χ4n) is 3.61. The monoisotopic (exact) mass is 411 g/mol. The number of rotatable bonds is 4. The summed E-state index contributed by atoms with van der Waals surface area (Å²) < 4.78 is 33.3. The zero-order chi connectivity index (χ0) is 20.6. The molecule has 29 heavy (non-hydrogen) atoms. The highest BCUT2D eigenvalue weighted by atomic mass is 32.2. The first-order valence-corrected chi connectivity index (χ1v) is 11.3. The summed E-state index contributed by atoms with van der Waals surface area (Å²) in [5.41, 5.74) is 4.10. The van der Waals surface area contributed by atoms with Crippen molar-refractivity contribution in [2.75, 3.05) is 13.1 Å². The molecule has 0 bridgehead atoms. The van der Waals surface area contributed by atoms with Gasteiger partial charge in [0.1, 0.15) is 0 Å². The predicted octanol–water partition coefficient (Wildman–Crippen LogP) is 4.23. The van der Waals surface area contributed by atoms with Gasteiger partial charge in [0.25, 0.3) is 0 Å². The molecular formula is C22H25N3O3S. The largest absolute Gasteiger partial charge is 0.339 e. The van der Waals surface area contributed by atoms with E-state index in [1.54, 1.807) is 16.4 Å². The maximum absolute atomic E-state index is 13.1. The van der Waals surface area contributed by atoms with Crippen molar-refractivity contribution in [2.45, 2.75) is 44.4 Å². The van der Waals surface area contributed by atoms with Gasteiger partial charge < -0.3 is 4.52 Å². The third-order valence-corrected chi connectivity index (χ3v) is 7.46. The maximum Gasteiger partial charge on any atom is 0.243 e. The summed E-state index contributed by atoms with van der Waals surface area (Å²) in [6.07, 6.45) is 1.59. The second-order valence-electron chi connectivity index (χ2n) is 7.77. The number of piperidine rings is 1. The predicted molar refractivity (Wildman–Crippen MR) is 111 cm³/mol. The van der Waals surface area contributed by atoms with Gasteiger partial charge in [-0.1, -0.05) is 41.1 Å². The zero-order valence-electron chi connectivity index (χ0n) is 16.9. The van der Waals surface area contributed by atoms with E-state index >= 15 is 0 Å². The van der Waals surface area contributed by atoms with E-state index in [9.17, 15) is 8.42 Å². The average Bonchev–Trinajstić information content (AvgIpc) is 3.21. The van der Waals surface area contributed by atoms with Crippen LogP contribution in [0, 0.1) is 20.8 Å². The summed E-state index contributed by atoms with van der Waals surface area (Å²) in [6.45, 7) is 6.79. The smallest absolute Gasteiger partial charge is 0.243 e. The van der Waals surface area contributed by atoms with Gasteiger partial charge in [0.15, 0.2) is 0 Å². The lowest BCUT2D eigenvalue weighted by molar-refractivity contribution is 0.265. The SMILES string of the molecule is Cc1ccc(-c2noc([C@H]3CCCN(S(=O)(=O)c4ccc(C)c(C)c4)C3)n2)cc1. The number of nitrogens with zero attached hydrogens (tertiary/aromatic N) is 3. The van der Waals surface area contributed by atoms with E-state index in [1.807, 2.05) is 51.1 Å². The van der Waals surface area contributed by atoms with Crippen LogP contribution in [0.2, 0.25) is 0 Å². The molecule has 6 nitrogen and oxygen atoms in total. The zero-order valence-corrected chi connectivity index (χ0v) is 17.7. The average molecular weight is 412 g/mol. The Bertz CT molecular complexity index is 1120. The molecule has 1 aliphatic heterocycles. The number of hydrogen-bond acceptors (Lipinski definition) is 5. The van der Waals surface area contributed by atoms with Gasteiger partial charge in [-0.25, -0.2) is 8.42 Å². The molecule has 1 aromatic heterocycles. The van der Waals surface area contributed by atoms with E-state index < -0.39 is 10.0 Å². The molecule has 2 heterocycles. The van der Waals surface area contributed by atoms with Crippen LogP contribution in [0.5, 0.6) is 0 Å². The van der Waals surface area contributed by atoms with Gasteiger partial charge in [-0.15, -0.1) is 0 Å². The Morgan fingerprint density at radius 2 is 1.79 bits per heavy atom. The third kappa shape index (κ3) is 3.97. The molecule has 0 saturated carbocycles. The van der Waals surface area contributed by atoms with Crippen LogP contribution in [-0.2, 0) is 10.0 Å². The van der Waals surface area contributed by atoms with E-state index in [1.165, 1.54) is 0 Å². The molecule has 2 aromatic carbocycles. The Morgan fingerprint density at radius 1 is 1.03 bits per heavy atom. The Hall–Kier alpha value is -2.51. The molecule has 1 aliphatic rings. The van der Waals surface area contributed by atoms with Crippen molar-refractivity contribution >= 4 is 10.0 Å². The van der Waals surface area contributed by atoms with Crippen molar-refractivity contribution in [1.82, 2.24) is 14.4 Å². The number of aryl methyl sites for hydroxylation is 3. The molecule has 0 aliphatic carbocycles. The molecule has 0 amide bonds. The van der Waals surface area contributed by atoms with E-state index in [0.29, 0.717) is 29.7 Å². The highest BCUT2D eigenvalue weighted by Gasteiger charge is 2.33. The molecule has 152 valence electrons. The molecule has 1 fully saturated rings. The fraction of sp³-hybridized carbons (Fsp3) is 0.364. The summed E-state index contributed by atoms with van der Waals surface area (Å²) in [5.74, 6) is 0.937. The van der Waals surface area contributed by atoms with Gasteiger partial charge in [-0.2, -0.15) is 9.29 Å². The Morgan fingerprint density at radius 3 is 2.52 bits per heavy atom. The fourth-order valence-corrected chi connectivity index (χ4v) is 5.22. The van der Waals surface area contributed by atoms with Crippen LogP contribution >= 0.6 is 0 Å². The molecule has 0 spiro atoms. The highest BCUT2D eigenvalue weighted by molar-refractivity contribution is 7.89. The molecule has 3 aromatic rings. The van der Waals surface area contributed by atoms with E-state index in [-0.39, 0.29) is 5.92 Å². The Labute approximate surface area is 171 Å². The van der Waals surface area contributed by atoms with E-state index in [4.69, 9.17) is 4.52 Å². The Kier molecular flexibility index (Phi) is 5.27. The first kappa shape index (κ1) is 19.8. The van der Waals surface area contributed by atoms with Crippen molar-refractivity contribution in [3.05, 3.63) is 65.0 Å². The van der Waals surface area contributed by atoms with Crippen LogP contribution < -0.4 is 0 Å². The molecule has 0 N–H and O–H groups in total. The molecule has 0 radical (unpaired) electrons. The number of aromatic nitrogens is 2. The lowest BCUT2D eigenvalue weighted by atomic mass is 10.00. The number of sulfonamides is 1. The van der Waals surface area contributed by atoms with Crippen LogP contribution in [0.4, 0.5) is 0 Å². The lowest BCUT2D eigenvalue weighted by Gasteiger charge is -2.30. The first-order valence-electron chi connectivity index (χ1n) is 9.82. The van der Waals surface area contributed by atoms with Crippen molar-refractivity contribution in [3.8, 4) is 11.4 Å². The van der Waals surface area contributed by atoms with E-state index in [0.717, 1.165) is 35.1 Å². The van der Waals surface area contributed by atoms with Gasteiger partial charge in [0, 0.05) is 18.7 Å². The van der Waals surface area contributed by atoms with Crippen LogP contribution in [0.1, 0.15) is 41.3 Å². The van der Waals surface area contributed by atoms with Crippen LogP contribution in [0.25, 0.3) is 11.4 Å². The van der Waals surface area contributed by atoms with Crippen molar-refractivity contribution in [2.24, 2.45) is 0 Å². The number of hydrogen-bond donors (Lipinski definition) is 0. The molecule has 1 saturated heterocycles. The summed E-state index contributed by atoms with van der Waals surface area (Å²) in [4.78, 5) is 4.89. The first-order chi connectivity index (χ1) is 13.8. The number of benzene rings is 2.